The Morgan fingerprint density at radius 1 is 1.03 bits per heavy atom. The largest absolute Gasteiger partial charge is 0.383 e. The summed E-state index contributed by atoms with van der Waals surface area (Å²) < 4.78 is 7.14. The number of rotatable bonds is 9. The van der Waals surface area contributed by atoms with Crippen molar-refractivity contribution in [3.8, 4) is 0 Å². The van der Waals surface area contributed by atoms with E-state index in [1.54, 1.807) is 31.4 Å². The van der Waals surface area contributed by atoms with Gasteiger partial charge in [0.1, 0.15) is 5.82 Å². The van der Waals surface area contributed by atoms with Crippen LogP contribution in [0.2, 0.25) is 0 Å². The number of methoxy groups -OCH3 is 1. The summed E-state index contributed by atoms with van der Waals surface area (Å²) in [7, 11) is 1.64. The number of hydrogen-bond acceptors (Lipinski definition) is 6. The summed E-state index contributed by atoms with van der Waals surface area (Å²) in [6.07, 6.45) is 0.636. The van der Waals surface area contributed by atoms with Crippen molar-refractivity contribution in [1.82, 2.24) is 20.1 Å². The lowest BCUT2D eigenvalue weighted by Crippen LogP contribution is -2.31. The molecule has 1 N–H and O–H groups in total. The topological polar surface area (TPSA) is 86.1 Å². The standard InChI is InChI=1S/C21H22N4O3S/c1-28-13-12-25-18(14-16-8-4-2-5-9-16)23-24-21(25)29-15-19(26)22-20(27)17-10-6-3-7-11-17/h2-11H,12-15H2,1H3,(H,22,26,27). The fraction of sp³-hybridized carbons (Fsp3) is 0.238. The molecule has 0 unspecified atom stereocenters. The van der Waals surface area contributed by atoms with Gasteiger partial charge >= 0.3 is 0 Å². The second kappa shape index (κ2) is 10.5. The average Bonchev–Trinajstić information content (AvgIpc) is 3.13. The molecule has 0 aliphatic carbocycles. The van der Waals surface area contributed by atoms with Crippen molar-refractivity contribution in [2.75, 3.05) is 19.5 Å². The number of benzene rings is 2. The molecule has 0 atom stereocenters. The molecule has 29 heavy (non-hydrogen) atoms. The van der Waals surface area contributed by atoms with E-state index in [9.17, 15) is 9.59 Å². The molecule has 2 aromatic carbocycles. The van der Waals surface area contributed by atoms with Gasteiger partial charge in [-0.05, 0) is 17.7 Å². The van der Waals surface area contributed by atoms with Gasteiger partial charge in [0, 0.05) is 25.6 Å². The Hall–Kier alpha value is -2.97. The van der Waals surface area contributed by atoms with Crippen LogP contribution < -0.4 is 5.32 Å². The summed E-state index contributed by atoms with van der Waals surface area (Å²) in [4.78, 5) is 24.3. The Morgan fingerprint density at radius 3 is 2.41 bits per heavy atom. The van der Waals surface area contributed by atoms with Gasteiger partial charge in [0.25, 0.3) is 5.91 Å². The zero-order valence-corrected chi connectivity index (χ0v) is 16.9. The maximum Gasteiger partial charge on any atom is 0.257 e. The first-order valence-corrected chi connectivity index (χ1v) is 10.1. The van der Waals surface area contributed by atoms with E-state index in [0.717, 1.165) is 11.4 Å². The fourth-order valence-corrected chi connectivity index (χ4v) is 3.48. The molecule has 7 nitrogen and oxygen atoms in total. The predicted molar refractivity (Wildman–Crippen MR) is 111 cm³/mol. The lowest BCUT2D eigenvalue weighted by Gasteiger charge is -2.10. The monoisotopic (exact) mass is 410 g/mol. The highest BCUT2D eigenvalue weighted by Crippen LogP contribution is 2.19. The van der Waals surface area contributed by atoms with E-state index in [4.69, 9.17) is 4.74 Å². The van der Waals surface area contributed by atoms with Crippen LogP contribution in [0, 0.1) is 0 Å². The van der Waals surface area contributed by atoms with E-state index < -0.39 is 5.91 Å². The van der Waals surface area contributed by atoms with Gasteiger partial charge < -0.3 is 9.30 Å². The first kappa shape index (κ1) is 20.8. The maximum atomic E-state index is 12.2. The quantitative estimate of drug-likeness (QED) is 0.546. The van der Waals surface area contributed by atoms with E-state index in [0.29, 0.717) is 30.3 Å². The van der Waals surface area contributed by atoms with Crippen molar-refractivity contribution in [3.05, 3.63) is 77.6 Å². The van der Waals surface area contributed by atoms with Crippen LogP contribution in [-0.2, 0) is 22.5 Å². The molecule has 1 heterocycles. The molecule has 0 saturated carbocycles. The van der Waals surface area contributed by atoms with Crippen molar-refractivity contribution in [2.24, 2.45) is 0 Å². The van der Waals surface area contributed by atoms with Gasteiger partial charge in [-0.3, -0.25) is 14.9 Å². The minimum atomic E-state index is -0.415. The summed E-state index contributed by atoms with van der Waals surface area (Å²) >= 11 is 1.24. The SMILES string of the molecule is COCCn1c(Cc2ccccc2)nnc1SCC(=O)NC(=O)c1ccccc1. The molecule has 0 aliphatic rings. The van der Waals surface area contributed by atoms with Crippen molar-refractivity contribution >= 4 is 23.6 Å². The Morgan fingerprint density at radius 2 is 1.72 bits per heavy atom. The first-order valence-electron chi connectivity index (χ1n) is 9.14. The molecular formula is C21H22N4O3S. The van der Waals surface area contributed by atoms with Crippen molar-refractivity contribution in [2.45, 2.75) is 18.1 Å². The van der Waals surface area contributed by atoms with Crippen LogP contribution in [-0.4, -0.2) is 46.0 Å². The van der Waals surface area contributed by atoms with E-state index in [1.807, 2.05) is 41.0 Å². The van der Waals surface area contributed by atoms with Gasteiger partial charge in [0.2, 0.25) is 5.91 Å². The third-order valence-corrected chi connectivity index (χ3v) is 5.11. The molecule has 0 spiro atoms. The molecule has 1 aromatic heterocycles. The molecule has 3 rings (SSSR count). The van der Waals surface area contributed by atoms with E-state index in [-0.39, 0.29) is 11.7 Å². The zero-order valence-electron chi connectivity index (χ0n) is 16.1. The Kier molecular flexibility index (Phi) is 7.54. The van der Waals surface area contributed by atoms with E-state index in [1.165, 1.54) is 11.8 Å². The second-order valence-corrected chi connectivity index (χ2v) is 7.18. The number of thioether (sulfide) groups is 1. The normalized spacial score (nSPS) is 10.7. The van der Waals surface area contributed by atoms with Crippen LogP contribution in [0.5, 0.6) is 0 Å². The minimum Gasteiger partial charge on any atom is -0.383 e. The molecular weight excluding hydrogens is 388 g/mol. The summed E-state index contributed by atoms with van der Waals surface area (Å²) in [5, 5.41) is 11.5. The maximum absolute atomic E-state index is 12.2. The van der Waals surface area contributed by atoms with Crippen molar-refractivity contribution in [1.29, 1.82) is 0 Å². The third-order valence-electron chi connectivity index (χ3n) is 4.14. The van der Waals surface area contributed by atoms with Gasteiger partial charge in [0.15, 0.2) is 5.16 Å². The van der Waals surface area contributed by atoms with Gasteiger partial charge in [-0.15, -0.1) is 10.2 Å². The smallest absolute Gasteiger partial charge is 0.257 e. The third kappa shape index (κ3) is 6.00. The van der Waals surface area contributed by atoms with Crippen molar-refractivity contribution in [3.63, 3.8) is 0 Å². The lowest BCUT2D eigenvalue weighted by atomic mass is 10.1. The number of aromatic nitrogens is 3. The molecule has 0 aliphatic heterocycles. The Labute approximate surface area is 173 Å². The second-order valence-electron chi connectivity index (χ2n) is 6.24. The number of ether oxygens (including phenoxy) is 1. The fourth-order valence-electron chi connectivity index (χ4n) is 2.70. The summed E-state index contributed by atoms with van der Waals surface area (Å²) in [5.41, 5.74) is 1.57. The number of nitrogens with one attached hydrogen (secondary N) is 1. The van der Waals surface area contributed by atoms with Gasteiger partial charge in [-0.25, -0.2) is 0 Å². The minimum absolute atomic E-state index is 0.0645. The molecule has 0 saturated heterocycles. The van der Waals surface area contributed by atoms with Crippen LogP contribution in [0.3, 0.4) is 0 Å². The van der Waals surface area contributed by atoms with Crippen LogP contribution >= 0.6 is 11.8 Å². The summed E-state index contributed by atoms with van der Waals surface area (Å²) in [5.74, 6) is 0.0720. The number of carbonyl (C=O) groups is 2. The highest BCUT2D eigenvalue weighted by molar-refractivity contribution is 7.99. The van der Waals surface area contributed by atoms with Crippen LogP contribution in [0.4, 0.5) is 0 Å². The number of hydrogen-bond donors (Lipinski definition) is 1. The van der Waals surface area contributed by atoms with E-state index in [2.05, 4.69) is 15.5 Å². The summed E-state index contributed by atoms with van der Waals surface area (Å²) in [6.45, 7) is 1.09. The number of nitrogens with zero attached hydrogens (tertiary/aromatic N) is 3. The highest BCUT2D eigenvalue weighted by Gasteiger charge is 2.16. The molecule has 3 aromatic rings. The van der Waals surface area contributed by atoms with Crippen LogP contribution in [0.15, 0.2) is 65.8 Å². The van der Waals surface area contributed by atoms with Crippen LogP contribution in [0.25, 0.3) is 0 Å². The molecule has 8 heteroatoms. The molecule has 0 bridgehead atoms. The Balaban J connectivity index is 1.63. The first-order chi connectivity index (χ1) is 14.2. The van der Waals surface area contributed by atoms with Gasteiger partial charge in [-0.2, -0.15) is 0 Å². The zero-order chi connectivity index (χ0) is 20.5. The molecule has 0 radical (unpaired) electrons. The van der Waals surface area contributed by atoms with E-state index >= 15 is 0 Å². The number of imide groups is 1. The molecule has 2 amide bonds. The number of amides is 2. The van der Waals surface area contributed by atoms with Crippen molar-refractivity contribution < 1.29 is 14.3 Å². The summed E-state index contributed by atoms with van der Waals surface area (Å²) in [6, 6.07) is 18.6. The lowest BCUT2D eigenvalue weighted by molar-refractivity contribution is -0.117. The predicted octanol–water partition coefficient (Wildman–Crippen LogP) is 2.56. The molecule has 150 valence electrons. The van der Waals surface area contributed by atoms with Gasteiger partial charge in [0.05, 0.1) is 12.4 Å². The highest BCUT2D eigenvalue weighted by atomic mass is 32.2. The molecule has 0 fully saturated rings. The van der Waals surface area contributed by atoms with Gasteiger partial charge in [-0.1, -0.05) is 60.3 Å². The average molecular weight is 410 g/mol. The Bertz CT molecular complexity index is 945. The van der Waals surface area contributed by atoms with Crippen LogP contribution in [0.1, 0.15) is 21.7 Å². The number of carbonyl (C=O) groups excluding carboxylic acids is 2.